The molecule has 0 bridgehead atoms. The van der Waals surface area contributed by atoms with Crippen molar-refractivity contribution in [2.24, 2.45) is 0 Å². The first-order valence-electron chi connectivity index (χ1n) is 4.68. The fourth-order valence-corrected chi connectivity index (χ4v) is 4.70. The van der Waals surface area contributed by atoms with E-state index < -0.39 is 31.4 Å². The van der Waals surface area contributed by atoms with Crippen LogP contribution < -0.4 is 0 Å². The number of hydrogen-bond acceptors (Lipinski definition) is 4. The summed E-state index contributed by atoms with van der Waals surface area (Å²) in [5.74, 6) is 0. The Morgan fingerprint density at radius 2 is 1.43 bits per heavy atom. The molecule has 1 aliphatic heterocycles. The van der Waals surface area contributed by atoms with E-state index in [0.29, 0.717) is 6.42 Å². The van der Waals surface area contributed by atoms with Gasteiger partial charge < -0.3 is 10.2 Å². The molecule has 0 amide bonds. The van der Waals surface area contributed by atoms with Crippen LogP contribution in [0.15, 0.2) is 0 Å². The van der Waals surface area contributed by atoms with E-state index in [0.717, 1.165) is 0 Å². The lowest BCUT2D eigenvalue weighted by molar-refractivity contribution is 0.0318. The third kappa shape index (κ3) is 1.81. The lowest BCUT2D eigenvalue weighted by Gasteiger charge is -2.48. The van der Waals surface area contributed by atoms with Gasteiger partial charge in [-0.2, -0.15) is 0 Å². The topological polar surface area (TPSA) is 81.4 Å². The number of nitrogens with one attached hydrogen (secondary N) is 1. The van der Waals surface area contributed by atoms with Gasteiger partial charge in [-0.05, 0) is 34.1 Å². The Kier molecular flexibility index (Phi) is 2.50. The van der Waals surface area contributed by atoms with E-state index in [1.54, 1.807) is 27.7 Å². The molecule has 0 aromatic heterocycles. The average molecular weight is 221 g/mol. The maximum atomic E-state index is 11.9. The van der Waals surface area contributed by atoms with Gasteiger partial charge in [0.15, 0.2) is 0 Å². The molecule has 3 N–H and O–H groups in total. The van der Waals surface area contributed by atoms with Crippen LogP contribution in [0.5, 0.6) is 0 Å². The molecule has 1 rings (SSSR count). The van der Waals surface area contributed by atoms with Crippen molar-refractivity contribution >= 4 is 9.73 Å². The highest BCUT2D eigenvalue weighted by Gasteiger charge is 2.55. The van der Waals surface area contributed by atoms with Gasteiger partial charge in [0.1, 0.15) is 0 Å². The van der Waals surface area contributed by atoms with Crippen molar-refractivity contribution in [2.45, 2.75) is 55.8 Å². The van der Waals surface area contributed by atoms with E-state index in [1.165, 1.54) is 0 Å². The minimum absolute atomic E-state index is 0.454. The summed E-state index contributed by atoms with van der Waals surface area (Å²) in [7, 11) is -2.88. The zero-order chi connectivity index (χ0) is 11.4. The fraction of sp³-hybridized carbons (Fsp3) is 1.00. The largest absolute Gasteiger partial charge is 0.389 e. The van der Waals surface area contributed by atoms with Gasteiger partial charge in [0.05, 0.1) is 31.4 Å². The normalized spacial score (nSPS) is 39.3. The molecule has 0 aliphatic carbocycles. The average Bonchev–Trinajstić information content (AvgIpc) is 1.77. The van der Waals surface area contributed by atoms with Crippen LogP contribution in [0.3, 0.4) is 0 Å². The first-order chi connectivity index (χ1) is 5.97. The SMILES string of the molecule is CC(C)(O)C1CC(C(C)(C)O)S1(=N)=O. The Bertz CT molecular complexity index is 295. The summed E-state index contributed by atoms with van der Waals surface area (Å²) in [6.07, 6.45) is 0.454. The van der Waals surface area contributed by atoms with Crippen molar-refractivity contribution in [3.8, 4) is 0 Å². The van der Waals surface area contributed by atoms with Gasteiger partial charge in [-0.15, -0.1) is 0 Å². The second-order valence-corrected chi connectivity index (χ2v) is 7.60. The second kappa shape index (κ2) is 2.93. The lowest BCUT2D eigenvalue weighted by Crippen LogP contribution is -2.62. The Morgan fingerprint density at radius 1 is 1.14 bits per heavy atom. The molecule has 1 heterocycles. The summed E-state index contributed by atoms with van der Waals surface area (Å²) in [4.78, 5) is 0. The van der Waals surface area contributed by atoms with E-state index in [-0.39, 0.29) is 0 Å². The summed E-state index contributed by atoms with van der Waals surface area (Å²) >= 11 is 0. The predicted molar refractivity (Wildman–Crippen MR) is 55.7 cm³/mol. The Balaban J connectivity index is 2.91. The third-order valence-electron chi connectivity index (χ3n) is 2.85. The molecule has 2 atom stereocenters. The maximum absolute atomic E-state index is 11.9. The number of hydrogen-bond donors (Lipinski definition) is 3. The van der Waals surface area contributed by atoms with E-state index >= 15 is 0 Å². The molecule has 1 saturated heterocycles. The van der Waals surface area contributed by atoms with Gasteiger partial charge in [0.2, 0.25) is 0 Å². The molecule has 1 fully saturated rings. The maximum Gasteiger partial charge on any atom is 0.0743 e. The Hall–Kier alpha value is -0.130. The van der Waals surface area contributed by atoms with E-state index in [4.69, 9.17) is 4.78 Å². The van der Waals surface area contributed by atoms with Crippen molar-refractivity contribution in [3.63, 3.8) is 0 Å². The van der Waals surface area contributed by atoms with Gasteiger partial charge in [0, 0.05) is 0 Å². The van der Waals surface area contributed by atoms with Crippen LogP contribution in [0.25, 0.3) is 0 Å². The van der Waals surface area contributed by atoms with Gasteiger partial charge in [-0.1, -0.05) is 0 Å². The van der Waals surface area contributed by atoms with Gasteiger partial charge in [-0.25, -0.2) is 4.21 Å². The van der Waals surface area contributed by atoms with Crippen LogP contribution in [0.2, 0.25) is 0 Å². The van der Waals surface area contributed by atoms with Crippen LogP contribution >= 0.6 is 0 Å². The van der Waals surface area contributed by atoms with Gasteiger partial charge in [-0.3, -0.25) is 4.78 Å². The molecular weight excluding hydrogens is 202 g/mol. The van der Waals surface area contributed by atoms with Gasteiger partial charge >= 0.3 is 0 Å². The van der Waals surface area contributed by atoms with Crippen molar-refractivity contribution in [1.82, 2.24) is 0 Å². The fourth-order valence-electron chi connectivity index (χ4n) is 1.99. The highest BCUT2D eigenvalue weighted by atomic mass is 32.2. The third-order valence-corrected chi connectivity index (χ3v) is 6.08. The van der Waals surface area contributed by atoms with Crippen molar-refractivity contribution in [1.29, 1.82) is 4.78 Å². The lowest BCUT2D eigenvalue weighted by atomic mass is 9.93. The quantitative estimate of drug-likeness (QED) is 0.642. The van der Waals surface area contributed by atoms with E-state index in [2.05, 4.69) is 0 Å². The standard InChI is InChI=1S/C9H19NO3S/c1-8(2,11)6-5-7(9(3,4)12)14(6,10)13/h6-7,10-12H,5H2,1-4H3. The van der Waals surface area contributed by atoms with Crippen molar-refractivity contribution < 1.29 is 14.4 Å². The zero-order valence-corrected chi connectivity index (χ0v) is 9.89. The molecule has 5 heteroatoms. The summed E-state index contributed by atoms with van der Waals surface area (Å²) in [6, 6.07) is 0. The number of rotatable bonds is 2. The zero-order valence-electron chi connectivity index (χ0n) is 9.07. The molecule has 1 aliphatic rings. The molecule has 0 aromatic carbocycles. The smallest absolute Gasteiger partial charge is 0.0743 e. The Morgan fingerprint density at radius 3 is 1.57 bits per heavy atom. The van der Waals surface area contributed by atoms with Crippen molar-refractivity contribution in [3.05, 3.63) is 0 Å². The molecule has 2 unspecified atom stereocenters. The molecule has 0 spiro atoms. The molecule has 0 aromatic rings. The molecule has 84 valence electrons. The summed E-state index contributed by atoms with van der Waals surface area (Å²) in [5.41, 5.74) is -2.19. The predicted octanol–water partition coefficient (Wildman–Crippen LogP) is 0.716. The number of aliphatic hydroxyl groups is 2. The summed E-state index contributed by atoms with van der Waals surface area (Å²) in [6.45, 7) is 6.25. The minimum atomic E-state index is -2.88. The summed E-state index contributed by atoms with van der Waals surface area (Å²) < 4.78 is 19.6. The molecule has 0 saturated carbocycles. The molecule has 0 radical (unpaired) electrons. The van der Waals surface area contributed by atoms with Crippen LogP contribution in [0, 0.1) is 4.78 Å². The van der Waals surface area contributed by atoms with Crippen LogP contribution in [-0.2, 0) is 9.73 Å². The first kappa shape index (κ1) is 11.9. The second-order valence-electron chi connectivity index (χ2n) is 5.17. The first-order valence-corrected chi connectivity index (χ1v) is 6.37. The van der Waals surface area contributed by atoms with Crippen molar-refractivity contribution in [2.75, 3.05) is 0 Å². The molecular formula is C9H19NO3S. The van der Waals surface area contributed by atoms with Crippen LogP contribution in [0.4, 0.5) is 0 Å². The van der Waals surface area contributed by atoms with Crippen LogP contribution in [0.1, 0.15) is 34.1 Å². The highest BCUT2D eigenvalue weighted by Crippen LogP contribution is 2.42. The monoisotopic (exact) mass is 221 g/mol. The van der Waals surface area contributed by atoms with Crippen LogP contribution in [-0.4, -0.2) is 36.1 Å². The Labute approximate surface area is 85.3 Å². The minimum Gasteiger partial charge on any atom is -0.389 e. The summed E-state index contributed by atoms with van der Waals surface area (Å²) in [5, 5.41) is 18.3. The van der Waals surface area contributed by atoms with E-state index in [1.807, 2.05) is 0 Å². The highest BCUT2D eigenvalue weighted by molar-refractivity contribution is 7.95. The molecule has 4 nitrogen and oxygen atoms in total. The van der Waals surface area contributed by atoms with E-state index in [9.17, 15) is 14.4 Å². The van der Waals surface area contributed by atoms with Gasteiger partial charge in [0.25, 0.3) is 0 Å². The molecule has 14 heavy (non-hydrogen) atoms.